The van der Waals surface area contributed by atoms with Gasteiger partial charge in [-0.25, -0.2) is 0 Å². The number of carbonyl (C=O) groups excluding carboxylic acids is 1. The topological polar surface area (TPSA) is 32.3 Å². The van der Waals surface area contributed by atoms with Crippen LogP contribution in [0.2, 0.25) is 0 Å². The molecule has 1 aliphatic heterocycles. The van der Waals surface area contributed by atoms with E-state index in [0.717, 1.165) is 27.3 Å². The molecule has 1 amide bonds. The Kier molecular flexibility index (Phi) is 4.79. The first kappa shape index (κ1) is 14.0. The molecule has 0 unspecified atom stereocenters. The van der Waals surface area contributed by atoms with Gasteiger partial charge in [-0.3, -0.25) is 4.79 Å². The third-order valence-electron chi connectivity index (χ3n) is 2.67. The lowest BCUT2D eigenvalue weighted by atomic mass is 10.1. The van der Waals surface area contributed by atoms with Crippen LogP contribution < -0.4 is 5.32 Å². The van der Waals surface area contributed by atoms with Gasteiger partial charge in [0, 0.05) is 25.0 Å². The lowest BCUT2D eigenvalue weighted by Crippen LogP contribution is -2.57. The van der Waals surface area contributed by atoms with Gasteiger partial charge < -0.3 is 10.2 Å². The monoisotopic (exact) mass is 324 g/mol. The van der Waals surface area contributed by atoms with Crippen molar-refractivity contribution in [3.8, 4) is 0 Å². The van der Waals surface area contributed by atoms with Crippen LogP contribution in [0.4, 0.5) is 0 Å². The summed E-state index contributed by atoms with van der Waals surface area (Å²) in [5.74, 6) is 0.109. The Morgan fingerprint density at radius 3 is 2.62 bits per heavy atom. The number of amides is 1. The largest absolute Gasteiger partial charge is 0.336 e. The van der Waals surface area contributed by atoms with E-state index in [4.69, 9.17) is 0 Å². The quantitative estimate of drug-likeness (QED) is 0.905. The lowest BCUT2D eigenvalue weighted by molar-refractivity contribution is 0.0681. The summed E-state index contributed by atoms with van der Waals surface area (Å²) in [5.41, 5.74) is 0.784. The van der Waals surface area contributed by atoms with Crippen molar-refractivity contribution in [3.63, 3.8) is 0 Å². The Balaban J connectivity index is 0.00000128. The van der Waals surface area contributed by atoms with E-state index < -0.39 is 0 Å². The predicted molar refractivity (Wildman–Crippen MR) is 72.8 cm³/mol. The number of carbonyl (C=O) groups is 1. The molecule has 0 aliphatic carbocycles. The SMILES string of the molecule is Cc1cc(C(=O)N(C)C2CNC2)c(Br)s1.Cl. The van der Waals surface area contributed by atoms with Crippen LogP contribution in [-0.4, -0.2) is 37.0 Å². The van der Waals surface area contributed by atoms with Crippen LogP contribution in [0.25, 0.3) is 0 Å². The third-order valence-corrected chi connectivity index (χ3v) is 4.42. The molecule has 1 aromatic heterocycles. The highest BCUT2D eigenvalue weighted by atomic mass is 79.9. The van der Waals surface area contributed by atoms with Gasteiger partial charge in [-0.2, -0.15) is 0 Å². The molecule has 3 nitrogen and oxygen atoms in total. The molecule has 6 heteroatoms. The number of halogens is 2. The van der Waals surface area contributed by atoms with Crippen molar-refractivity contribution in [2.24, 2.45) is 0 Å². The summed E-state index contributed by atoms with van der Waals surface area (Å²) in [6, 6.07) is 2.30. The van der Waals surface area contributed by atoms with E-state index in [-0.39, 0.29) is 18.3 Å². The Morgan fingerprint density at radius 2 is 2.25 bits per heavy atom. The van der Waals surface area contributed by atoms with Crippen molar-refractivity contribution in [2.75, 3.05) is 20.1 Å². The van der Waals surface area contributed by atoms with E-state index in [9.17, 15) is 4.79 Å². The average Bonchev–Trinajstić information content (AvgIpc) is 2.41. The molecule has 1 aromatic rings. The minimum Gasteiger partial charge on any atom is -0.336 e. The smallest absolute Gasteiger partial charge is 0.255 e. The number of likely N-dealkylation sites (N-methyl/N-ethyl adjacent to an activating group) is 1. The first-order valence-electron chi connectivity index (χ1n) is 4.83. The van der Waals surface area contributed by atoms with Gasteiger partial charge >= 0.3 is 0 Å². The van der Waals surface area contributed by atoms with Gasteiger partial charge in [-0.1, -0.05) is 0 Å². The number of rotatable bonds is 2. The number of nitrogens with zero attached hydrogens (tertiary/aromatic N) is 1. The summed E-state index contributed by atoms with van der Waals surface area (Å²) in [6.45, 7) is 3.82. The van der Waals surface area contributed by atoms with Crippen LogP contribution in [-0.2, 0) is 0 Å². The highest BCUT2D eigenvalue weighted by Gasteiger charge is 2.27. The Bertz CT molecular complexity index is 392. The highest BCUT2D eigenvalue weighted by Crippen LogP contribution is 2.28. The summed E-state index contributed by atoms with van der Waals surface area (Å²) in [5, 5.41) is 3.17. The maximum atomic E-state index is 12.1. The summed E-state index contributed by atoms with van der Waals surface area (Å²) in [7, 11) is 1.87. The van der Waals surface area contributed by atoms with E-state index >= 15 is 0 Å². The van der Waals surface area contributed by atoms with E-state index in [1.807, 2.05) is 24.9 Å². The van der Waals surface area contributed by atoms with Crippen LogP contribution in [0.1, 0.15) is 15.2 Å². The zero-order valence-electron chi connectivity index (χ0n) is 9.12. The van der Waals surface area contributed by atoms with Crippen LogP contribution in [0.3, 0.4) is 0 Å². The third kappa shape index (κ3) is 2.59. The number of nitrogens with one attached hydrogen (secondary N) is 1. The van der Waals surface area contributed by atoms with Crippen molar-refractivity contribution >= 4 is 45.6 Å². The molecule has 0 atom stereocenters. The maximum Gasteiger partial charge on any atom is 0.255 e. The molecule has 0 saturated carbocycles. The Morgan fingerprint density at radius 1 is 1.62 bits per heavy atom. The van der Waals surface area contributed by atoms with Crippen molar-refractivity contribution < 1.29 is 4.79 Å². The van der Waals surface area contributed by atoms with Crippen molar-refractivity contribution in [2.45, 2.75) is 13.0 Å². The molecule has 16 heavy (non-hydrogen) atoms. The van der Waals surface area contributed by atoms with Crippen LogP contribution in [0, 0.1) is 6.92 Å². The molecule has 90 valence electrons. The molecule has 1 fully saturated rings. The van der Waals surface area contributed by atoms with E-state index in [1.165, 1.54) is 0 Å². The fraction of sp³-hybridized carbons (Fsp3) is 0.500. The second-order valence-corrected chi connectivity index (χ2v) is 6.35. The first-order chi connectivity index (χ1) is 7.09. The molecule has 1 aliphatic rings. The second-order valence-electron chi connectivity index (χ2n) is 3.77. The van der Waals surface area contributed by atoms with Gasteiger partial charge in [-0.15, -0.1) is 23.7 Å². The molecule has 0 spiro atoms. The zero-order valence-corrected chi connectivity index (χ0v) is 12.3. The van der Waals surface area contributed by atoms with Crippen LogP contribution in [0.5, 0.6) is 0 Å². The predicted octanol–water partition coefficient (Wildman–Crippen LogP) is 2.28. The van der Waals surface area contributed by atoms with Gasteiger partial charge in [0.1, 0.15) is 0 Å². The van der Waals surface area contributed by atoms with Gasteiger partial charge in [0.2, 0.25) is 0 Å². The maximum absolute atomic E-state index is 12.1. The van der Waals surface area contributed by atoms with Gasteiger partial charge in [0.15, 0.2) is 0 Å². The number of thiophene rings is 1. The summed E-state index contributed by atoms with van der Waals surface area (Å²) < 4.78 is 0.934. The second kappa shape index (κ2) is 5.49. The standard InChI is InChI=1S/C10H13BrN2OS.ClH/c1-6-3-8(9(11)15-6)10(14)13(2)7-4-12-5-7;/h3,7,12H,4-5H2,1-2H3;1H. The summed E-state index contributed by atoms with van der Waals surface area (Å²) in [6.07, 6.45) is 0. The molecule has 1 saturated heterocycles. The number of hydrogen-bond acceptors (Lipinski definition) is 3. The number of hydrogen-bond donors (Lipinski definition) is 1. The van der Waals surface area contributed by atoms with Gasteiger partial charge in [0.05, 0.1) is 15.4 Å². The van der Waals surface area contributed by atoms with E-state index in [1.54, 1.807) is 11.3 Å². The molecule has 2 rings (SSSR count). The van der Waals surface area contributed by atoms with Crippen LogP contribution in [0.15, 0.2) is 9.85 Å². The van der Waals surface area contributed by atoms with Gasteiger partial charge in [0.25, 0.3) is 5.91 Å². The zero-order chi connectivity index (χ0) is 11.0. The molecule has 1 N–H and O–H groups in total. The van der Waals surface area contributed by atoms with Crippen molar-refractivity contribution in [3.05, 3.63) is 20.3 Å². The fourth-order valence-electron chi connectivity index (χ4n) is 1.53. The molecule has 0 radical (unpaired) electrons. The first-order valence-corrected chi connectivity index (χ1v) is 6.44. The van der Waals surface area contributed by atoms with Crippen LogP contribution >= 0.6 is 39.7 Å². The lowest BCUT2D eigenvalue weighted by Gasteiger charge is -2.35. The van der Waals surface area contributed by atoms with Gasteiger partial charge in [-0.05, 0) is 28.9 Å². The fourth-order valence-corrected chi connectivity index (χ4v) is 3.30. The highest BCUT2D eigenvalue weighted by molar-refractivity contribution is 9.11. The molecule has 2 heterocycles. The van der Waals surface area contributed by atoms with Crippen molar-refractivity contribution in [1.29, 1.82) is 0 Å². The molecular weight excluding hydrogens is 312 g/mol. The van der Waals surface area contributed by atoms with Crippen molar-refractivity contribution in [1.82, 2.24) is 10.2 Å². The summed E-state index contributed by atoms with van der Waals surface area (Å²) >= 11 is 5.04. The minimum absolute atomic E-state index is 0. The summed E-state index contributed by atoms with van der Waals surface area (Å²) in [4.78, 5) is 15.1. The molecular formula is C10H14BrClN2OS. The minimum atomic E-state index is 0. The molecule has 0 bridgehead atoms. The van der Waals surface area contributed by atoms with E-state index in [0.29, 0.717) is 6.04 Å². The van der Waals surface area contributed by atoms with E-state index in [2.05, 4.69) is 21.2 Å². The Labute approximate surface area is 114 Å². The normalized spacial score (nSPS) is 15.2. The Hall–Kier alpha value is -0.1000. The number of aryl methyl sites for hydroxylation is 1. The molecule has 0 aromatic carbocycles. The average molecular weight is 326 g/mol.